The van der Waals surface area contributed by atoms with Crippen molar-refractivity contribution in [1.29, 1.82) is 5.26 Å². The molecule has 2 rings (SSSR count). The predicted octanol–water partition coefficient (Wildman–Crippen LogP) is 3.02. The van der Waals surface area contributed by atoms with Gasteiger partial charge in [-0.25, -0.2) is 13.1 Å². The van der Waals surface area contributed by atoms with E-state index in [2.05, 4.69) is 4.72 Å². The van der Waals surface area contributed by atoms with Crippen molar-refractivity contribution in [2.75, 3.05) is 12.3 Å². The monoisotopic (exact) mass is 332 g/mol. The molecule has 0 saturated carbocycles. The van der Waals surface area contributed by atoms with Crippen LogP contribution in [0.25, 0.3) is 0 Å². The molecule has 2 aromatic rings. The summed E-state index contributed by atoms with van der Waals surface area (Å²) in [6.07, 6.45) is 0.745. The summed E-state index contributed by atoms with van der Waals surface area (Å²) in [4.78, 5) is 1.36. The minimum atomic E-state index is -3.50. The van der Waals surface area contributed by atoms with Gasteiger partial charge in [0, 0.05) is 11.4 Å². The van der Waals surface area contributed by atoms with E-state index < -0.39 is 10.0 Å². The zero-order valence-corrected chi connectivity index (χ0v) is 13.5. The van der Waals surface area contributed by atoms with E-state index in [9.17, 15) is 8.42 Å². The molecule has 4 nitrogen and oxygen atoms in total. The highest BCUT2D eigenvalue weighted by Crippen LogP contribution is 2.17. The summed E-state index contributed by atoms with van der Waals surface area (Å²) in [5, 5.41) is 8.71. The van der Waals surface area contributed by atoms with Gasteiger partial charge < -0.3 is 0 Å². The fourth-order valence-corrected chi connectivity index (χ4v) is 3.73. The van der Waals surface area contributed by atoms with Crippen LogP contribution in [0.1, 0.15) is 12.0 Å². The summed E-state index contributed by atoms with van der Waals surface area (Å²) < 4.78 is 26.7. The van der Waals surface area contributed by atoms with Crippen molar-refractivity contribution in [2.45, 2.75) is 16.2 Å². The van der Waals surface area contributed by atoms with E-state index >= 15 is 0 Å². The molecule has 0 heterocycles. The molecule has 0 unspecified atom stereocenters. The van der Waals surface area contributed by atoms with Crippen molar-refractivity contribution < 1.29 is 8.42 Å². The first-order chi connectivity index (χ1) is 10.6. The molecule has 0 aliphatic heterocycles. The molecule has 114 valence electrons. The molecule has 6 heteroatoms. The van der Waals surface area contributed by atoms with E-state index in [4.69, 9.17) is 5.26 Å². The van der Waals surface area contributed by atoms with Crippen molar-refractivity contribution in [2.24, 2.45) is 0 Å². The Hall–Kier alpha value is -1.81. The molecular weight excluding hydrogens is 316 g/mol. The van der Waals surface area contributed by atoms with Gasteiger partial charge in [-0.3, -0.25) is 0 Å². The number of benzene rings is 2. The van der Waals surface area contributed by atoms with Crippen LogP contribution in [0.3, 0.4) is 0 Å². The average molecular weight is 332 g/mol. The average Bonchev–Trinajstić information content (AvgIpc) is 2.55. The van der Waals surface area contributed by atoms with Crippen LogP contribution in [0, 0.1) is 11.3 Å². The maximum atomic E-state index is 12.1. The summed E-state index contributed by atoms with van der Waals surface area (Å²) in [5.74, 6) is 0.847. The Kier molecular flexibility index (Phi) is 6.01. The molecule has 0 aliphatic carbocycles. The van der Waals surface area contributed by atoms with E-state index in [0.29, 0.717) is 12.1 Å². The smallest absolute Gasteiger partial charge is 0.211 e. The maximum absolute atomic E-state index is 12.1. The number of thioether (sulfide) groups is 1. The second-order valence-electron chi connectivity index (χ2n) is 4.55. The highest BCUT2D eigenvalue weighted by molar-refractivity contribution is 7.99. The summed E-state index contributed by atoms with van der Waals surface area (Å²) >= 11 is 1.70. The first-order valence-corrected chi connectivity index (χ1v) is 9.26. The molecule has 0 aromatic heterocycles. The minimum Gasteiger partial charge on any atom is -0.211 e. The Bertz CT molecular complexity index is 736. The normalized spacial score (nSPS) is 11.0. The van der Waals surface area contributed by atoms with Crippen molar-refractivity contribution in [3.05, 3.63) is 60.2 Å². The lowest BCUT2D eigenvalue weighted by Gasteiger charge is -2.06. The fraction of sp³-hybridized carbons (Fsp3) is 0.188. The van der Waals surface area contributed by atoms with E-state index in [0.717, 1.165) is 12.2 Å². The minimum absolute atomic E-state index is 0.183. The largest absolute Gasteiger partial charge is 0.240 e. The quantitative estimate of drug-likeness (QED) is 0.625. The Balaban J connectivity index is 1.79. The van der Waals surface area contributed by atoms with Crippen molar-refractivity contribution in [1.82, 2.24) is 4.72 Å². The second kappa shape index (κ2) is 7.99. The number of sulfonamides is 1. The molecule has 1 N–H and O–H groups in total. The lowest BCUT2D eigenvalue weighted by Crippen LogP contribution is -2.25. The zero-order valence-electron chi connectivity index (χ0n) is 11.9. The van der Waals surface area contributed by atoms with Crippen LogP contribution >= 0.6 is 11.8 Å². The third-order valence-corrected chi connectivity index (χ3v) is 5.49. The van der Waals surface area contributed by atoms with Gasteiger partial charge in [0.2, 0.25) is 10.0 Å². The Morgan fingerprint density at radius 3 is 2.36 bits per heavy atom. The number of rotatable bonds is 7. The molecule has 0 bridgehead atoms. The molecular formula is C16H16N2O2S2. The Morgan fingerprint density at radius 1 is 1.05 bits per heavy atom. The van der Waals surface area contributed by atoms with Gasteiger partial charge in [0.15, 0.2) is 0 Å². The first kappa shape index (κ1) is 16.6. The lowest BCUT2D eigenvalue weighted by atomic mass is 10.2. The van der Waals surface area contributed by atoms with E-state index in [1.165, 1.54) is 29.2 Å². The van der Waals surface area contributed by atoms with Crippen LogP contribution in [0.2, 0.25) is 0 Å². The number of nitriles is 1. The van der Waals surface area contributed by atoms with Crippen LogP contribution in [-0.4, -0.2) is 20.7 Å². The molecule has 0 aliphatic rings. The number of hydrogen-bond acceptors (Lipinski definition) is 4. The van der Waals surface area contributed by atoms with Crippen molar-refractivity contribution >= 4 is 21.8 Å². The number of hydrogen-bond donors (Lipinski definition) is 1. The standard InChI is InChI=1S/C16H16N2O2S2/c17-13-14-7-9-16(10-8-14)22(19,20)18-11-4-12-21-15-5-2-1-3-6-15/h1-3,5-10,18H,4,11-12H2. The van der Waals surface area contributed by atoms with Gasteiger partial charge in [-0.1, -0.05) is 18.2 Å². The third-order valence-electron chi connectivity index (χ3n) is 2.92. The summed E-state index contributed by atoms with van der Waals surface area (Å²) in [5.41, 5.74) is 0.443. The van der Waals surface area contributed by atoms with Crippen LogP contribution in [0.4, 0.5) is 0 Å². The third kappa shape index (κ3) is 4.88. The topological polar surface area (TPSA) is 70.0 Å². The SMILES string of the molecule is N#Cc1ccc(S(=O)(=O)NCCCSc2ccccc2)cc1. The molecule has 0 atom stereocenters. The first-order valence-electron chi connectivity index (χ1n) is 6.79. The molecule has 22 heavy (non-hydrogen) atoms. The molecule has 0 saturated heterocycles. The zero-order chi connectivity index (χ0) is 15.8. The van der Waals surface area contributed by atoms with E-state index in [-0.39, 0.29) is 4.90 Å². The van der Waals surface area contributed by atoms with Gasteiger partial charge in [0.1, 0.15) is 0 Å². The van der Waals surface area contributed by atoms with Crippen molar-refractivity contribution in [3.8, 4) is 6.07 Å². The summed E-state index contributed by atoms with van der Waals surface area (Å²) in [7, 11) is -3.50. The molecule has 0 spiro atoms. The Labute approximate surface area is 135 Å². The number of nitrogens with one attached hydrogen (secondary N) is 1. The van der Waals surface area contributed by atoms with Crippen LogP contribution < -0.4 is 4.72 Å². The molecule has 0 radical (unpaired) electrons. The number of nitrogens with zero attached hydrogens (tertiary/aromatic N) is 1. The highest BCUT2D eigenvalue weighted by Gasteiger charge is 2.12. The molecule has 0 fully saturated rings. The van der Waals surface area contributed by atoms with Gasteiger partial charge >= 0.3 is 0 Å². The van der Waals surface area contributed by atoms with Crippen molar-refractivity contribution in [3.63, 3.8) is 0 Å². The van der Waals surface area contributed by atoms with Crippen LogP contribution in [-0.2, 0) is 10.0 Å². The van der Waals surface area contributed by atoms with E-state index in [1.807, 2.05) is 36.4 Å². The van der Waals surface area contributed by atoms with Crippen LogP contribution in [0.5, 0.6) is 0 Å². The summed E-state index contributed by atoms with van der Waals surface area (Å²) in [6, 6.07) is 17.8. The second-order valence-corrected chi connectivity index (χ2v) is 7.48. The van der Waals surface area contributed by atoms with E-state index in [1.54, 1.807) is 11.8 Å². The molecule has 2 aromatic carbocycles. The molecule has 0 amide bonds. The fourth-order valence-electron chi connectivity index (χ4n) is 1.78. The van der Waals surface area contributed by atoms with Gasteiger partial charge in [0.25, 0.3) is 0 Å². The summed E-state index contributed by atoms with van der Waals surface area (Å²) in [6.45, 7) is 0.391. The Morgan fingerprint density at radius 2 is 1.73 bits per heavy atom. The maximum Gasteiger partial charge on any atom is 0.240 e. The van der Waals surface area contributed by atoms with Gasteiger partial charge in [-0.15, -0.1) is 11.8 Å². The predicted molar refractivity (Wildman–Crippen MR) is 88.1 cm³/mol. The van der Waals surface area contributed by atoms with Gasteiger partial charge in [-0.05, 0) is 48.6 Å². The highest BCUT2D eigenvalue weighted by atomic mass is 32.2. The van der Waals surface area contributed by atoms with Gasteiger partial charge in [-0.2, -0.15) is 5.26 Å². The lowest BCUT2D eigenvalue weighted by molar-refractivity contribution is 0.581. The van der Waals surface area contributed by atoms with Gasteiger partial charge in [0.05, 0.1) is 16.5 Å². The van der Waals surface area contributed by atoms with Crippen LogP contribution in [0.15, 0.2) is 64.4 Å².